The fourth-order valence-corrected chi connectivity index (χ4v) is 2.75. The topological polar surface area (TPSA) is 46.9 Å². The van der Waals surface area contributed by atoms with Crippen LogP contribution in [-0.4, -0.2) is 21.7 Å². The number of fused-ring (bicyclic) bond motifs is 1. The molecule has 0 unspecified atom stereocenters. The highest BCUT2D eigenvalue weighted by Gasteiger charge is 2.14. The highest BCUT2D eigenvalue weighted by Crippen LogP contribution is 2.22. The van der Waals surface area contributed by atoms with Gasteiger partial charge in [0.05, 0.1) is 5.56 Å². The highest BCUT2D eigenvalue weighted by atomic mass is 32.2. The number of aryl methyl sites for hydroxylation is 1. The molecule has 0 aliphatic carbocycles. The number of hydrogen-bond acceptors (Lipinski definition) is 3. The van der Waals surface area contributed by atoms with Crippen molar-refractivity contribution in [2.45, 2.75) is 4.90 Å². The molecule has 2 heterocycles. The number of carbonyl (C=O) groups is 1. The van der Waals surface area contributed by atoms with Crippen LogP contribution in [0.2, 0.25) is 0 Å². The number of anilines is 1. The molecular weight excluding hydrogens is 282 g/mol. The van der Waals surface area contributed by atoms with Gasteiger partial charge < -0.3 is 9.88 Å². The number of amides is 1. The molecule has 0 bridgehead atoms. The van der Waals surface area contributed by atoms with Crippen LogP contribution in [0.25, 0.3) is 11.0 Å². The van der Waals surface area contributed by atoms with Crippen molar-refractivity contribution in [2.24, 2.45) is 7.05 Å². The van der Waals surface area contributed by atoms with E-state index in [1.807, 2.05) is 60.5 Å². The molecule has 106 valence electrons. The average Bonchev–Trinajstić information content (AvgIpc) is 2.85. The molecule has 1 amide bonds. The standard InChI is InChI=1S/C16H15N3OS/c1-19-10-14(13-7-4-8-17-15(13)19)16(20)18-11-5-3-6-12(9-11)21-2/h3-10H,1-2H3,(H,18,20). The third-order valence-corrected chi connectivity index (χ3v) is 4.03. The quantitative estimate of drug-likeness (QED) is 0.752. The monoisotopic (exact) mass is 297 g/mol. The molecule has 0 radical (unpaired) electrons. The Bertz CT molecular complexity index is 810. The van der Waals surface area contributed by atoms with E-state index in [-0.39, 0.29) is 5.91 Å². The Kier molecular flexibility index (Phi) is 3.66. The van der Waals surface area contributed by atoms with Crippen LogP contribution in [0.3, 0.4) is 0 Å². The second-order valence-corrected chi connectivity index (χ2v) is 5.59. The Morgan fingerprint density at radius 3 is 2.95 bits per heavy atom. The number of nitrogens with one attached hydrogen (secondary N) is 1. The number of aromatic nitrogens is 2. The summed E-state index contributed by atoms with van der Waals surface area (Å²) in [4.78, 5) is 17.9. The van der Waals surface area contributed by atoms with Gasteiger partial charge in [-0.1, -0.05) is 6.07 Å². The molecule has 0 spiro atoms. The molecule has 0 fully saturated rings. The van der Waals surface area contributed by atoms with Gasteiger partial charge in [-0.25, -0.2) is 4.98 Å². The summed E-state index contributed by atoms with van der Waals surface area (Å²) in [6, 6.07) is 11.6. The van der Waals surface area contributed by atoms with E-state index in [0.29, 0.717) is 5.56 Å². The number of carbonyl (C=O) groups excluding carboxylic acids is 1. The van der Waals surface area contributed by atoms with Crippen LogP contribution in [-0.2, 0) is 7.05 Å². The maximum atomic E-state index is 12.5. The Balaban J connectivity index is 1.94. The summed E-state index contributed by atoms with van der Waals surface area (Å²) in [5.41, 5.74) is 2.24. The number of rotatable bonds is 3. The Morgan fingerprint density at radius 2 is 2.14 bits per heavy atom. The highest BCUT2D eigenvalue weighted by molar-refractivity contribution is 7.98. The zero-order valence-corrected chi connectivity index (χ0v) is 12.6. The molecule has 1 N–H and O–H groups in total. The van der Waals surface area contributed by atoms with Gasteiger partial charge in [0.2, 0.25) is 0 Å². The van der Waals surface area contributed by atoms with Gasteiger partial charge in [0.15, 0.2) is 0 Å². The maximum absolute atomic E-state index is 12.5. The van der Waals surface area contributed by atoms with Gasteiger partial charge in [-0.2, -0.15) is 0 Å². The Morgan fingerprint density at radius 1 is 1.29 bits per heavy atom. The predicted molar refractivity (Wildman–Crippen MR) is 86.9 cm³/mol. The van der Waals surface area contributed by atoms with E-state index < -0.39 is 0 Å². The van der Waals surface area contributed by atoms with Crippen LogP contribution >= 0.6 is 11.8 Å². The zero-order valence-electron chi connectivity index (χ0n) is 11.8. The summed E-state index contributed by atoms with van der Waals surface area (Å²) < 4.78 is 1.86. The predicted octanol–water partition coefficient (Wildman–Crippen LogP) is 3.55. The van der Waals surface area contributed by atoms with Gasteiger partial charge in [-0.05, 0) is 36.6 Å². The number of nitrogens with zero attached hydrogens (tertiary/aromatic N) is 2. The fourth-order valence-electron chi connectivity index (χ4n) is 2.29. The van der Waals surface area contributed by atoms with Crippen molar-refractivity contribution < 1.29 is 4.79 Å². The number of thioether (sulfide) groups is 1. The lowest BCUT2D eigenvalue weighted by Gasteiger charge is -2.05. The van der Waals surface area contributed by atoms with E-state index in [1.54, 1.807) is 18.0 Å². The van der Waals surface area contributed by atoms with Gasteiger partial charge in [0.25, 0.3) is 5.91 Å². The largest absolute Gasteiger partial charge is 0.335 e. The SMILES string of the molecule is CSc1cccc(NC(=O)c2cn(C)c3ncccc23)c1. The first-order chi connectivity index (χ1) is 10.2. The number of benzene rings is 1. The minimum absolute atomic E-state index is 0.119. The molecule has 0 saturated carbocycles. The van der Waals surface area contributed by atoms with Crippen molar-refractivity contribution >= 4 is 34.4 Å². The number of pyridine rings is 1. The van der Waals surface area contributed by atoms with Crippen LogP contribution in [0, 0.1) is 0 Å². The molecule has 4 nitrogen and oxygen atoms in total. The van der Waals surface area contributed by atoms with Gasteiger partial charge in [0, 0.05) is 35.4 Å². The van der Waals surface area contributed by atoms with Crippen LogP contribution in [0.1, 0.15) is 10.4 Å². The molecular formula is C16H15N3OS. The third-order valence-electron chi connectivity index (χ3n) is 3.31. The van der Waals surface area contributed by atoms with Crippen molar-refractivity contribution in [3.63, 3.8) is 0 Å². The van der Waals surface area contributed by atoms with Crippen LogP contribution in [0.15, 0.2) is 53.7 Å². The summed E-state index contributed by atoms with van der Waals surface area (Å²) in [6.45, 7) is 0. The smallest absolute Gasteiger partial charge is 0.257 e. The summed E-state index contributed by atoms with van der Waals surface area (Å²) in [6.07, 6.45) is 5.55. The summed E-state index contributed by atoms with van der Waals surface area (Å²) in [5, 5.41) is 3.80. The van der Waals surface area contributed by atoms with E-state index >= 15 is 0 Å². The molecule has 0 aliphatic rings. The van der Waals surface area contributed by atoms with Crippen molar-refractivity contribution in [3.05, 3.63) is 54.4 Å². The van der Waals surface area contributed by atoms with E-state index in [1.165, 1.54) is 0 Å². The molecule has 3 rings (SSSR count). The first-order valence-electron chi connectivity index (χ1n) is 6.54. The minimum Gasteiger partial charge on any atom is -0.335 e. The molecule has 0 atom stereocenters. The van der Waals surface area contributed by atoms with E-state index in [2.05, 4.69) is 10.3 Å². The van der Waals surface area contributed by atoms with Gasteiger partial charge >= 0.3 is 0 Å². The van der Waals surface area contributed by atoms with Crippen LogP contribution in [0.4, 0.5) is 5.69 Å². The lowest BCUT2D eigenvalue weighted by molar-refractivity contribution is 0.102. The molecule has 3 aromatic rings. The second kappa shape index (κ2) is 5.61. The van der Waals surface area contributed by atoms with Crippen LogP contribution in [0.5, 0.6) is 0 Å². The Hall–Kier alpha value is -2.27. The average molecular weight is 297 g/mol. The molecule has 0 aliphatic heterocycles. The molecule has 5 heteroatoms. The first kappa shape index (κ1) is 13.7. The fraction of sp³-hybridized carbons (Fsp3) is 0.125. The van der Waals surface area contributed by atoms with Crippen molar-refractivity contribution in [1.82, 2.24) is 9.55 Å². The minimum atomic E-state index is -0.119. The van der Waals surface area contributed by atoms with Gasteiger partial charge in [0.1, 0.15) is 5.65 Å². The lowest BCUT2D eigenvalue weighted by Crippen LogP contribution is -2.11. The zero-order chi connectivity index (χ0) is 14.8. The lowest BCUT2D eigenvalue weighted by atomic mass is 10.2. The normalized spacial score (nSPS) is 10.8. The maximum Gasteiger partial charge on any atom is 0.257 e. The van der Waals surface area contributed by atoms with Gasteiger partial charge in [-0.3, -0.25) is 4.79 Å². The molecule has 1 aromatic carbocycles. The van der Waals surface area contributed by atoms with E-state index in [4.69, 9.17) is 0 Å². The summed E-state index contributed by atoms with van der Waals surface area (Å²) in [5.74, 6) is -0.119. The van der Waals surface area contributed by atoms with Crippen molar-refractivity contribution in [1.29, 1.82) is 0 Å². The van der Waals surface area contributed by atoms with Crippen molar-refractivity contribution in [3.8, 4) is 0 Å². The van der Waals surface area contributed by atoms with Crippen LogP contribution < -0.4 is 5.32 Å². The third kappa shape index (κ3) is 2.64. The molecule has 0 saturated heterocycles. The van der Waals surface area contributed by atoms with E-state index in [9.17, 15) is 4.79 Å². The Labute approximate surface area is 127 Å². The van der Waals surface area contributed by atoms with Crippen molar-refractivity contribution in [2.75, 3.05) is 11.6 Å². The second-order valence-electron chi connectivity index (χ2n) is 4.71. The summed E-state index contributed by atoms with van der Waals surface area (Å²) in [7, 11) is 1.89. The number of hydrogen-bond donors (Lipinski definition) is 1. The molecule has 2 aromatic heterocycles. The summed E-state index contributed by atoms with van der Waals surface area (Å²) >= 11 is 1.65. The molecule has 21 heavy (non-hydrogen) atoms. The first-order valence-corrected chi connectivity index (χ1v) is 7.77. The van der Waals surface area contributed by atoms with Gasteiger partial charge in [-0.15, -0.1) is 11.8 Å². The van der Waals surface area contributed by atoms with E-state index in [0.717, 1.165) is 21.6 Å².